The quantitative estimate of drug-likeness (QED) is 0.446. The summed E-state index contributed by atoms with van der Waals surface area (Å²) in [6, 6.07) is 2.02. The van der Waals surface area contributed by atoms with Crippen LogP contribution in [-0.4, -0.2) is 40.4 Å². The van der Waals surface area contributed by atoms with Gasteiger partial charge in [-0.2, -0.15) is 0 Å². The van der Waals surface area contributed by atoms with E-state index in [1.165, 1.54) is 55.5 Å². The standard InChI is InChI=1S/C8H7FN3O.3C4H9.Sn/c9-6-3-5(6)8(13)12-7-1-2-10-4-11-7;3*1-3-4-2;/h1,4-6H,3H2,(H,10,11,12,13);3*1,3-4H2,2H3;/t5-,6+;;;;/m0..../s1. The summed E-state index contributed by atoms with van der Waals surface area (Å²) in [6.07, 6.45) is 8.40. The van der Waals surface area contributed by atoms with Gasteiger partial charge in [0.15, 0.2) is 0 Å². The van der Waals surface area contributed by atoms with Crippen molar-refractivity contribution in [3.05, 3.63) is 12.4 Å². The fraction of sp³-hybridized carbons (Fsp3) is 0.750. The van der Waals surface area contributed by atoms with E-state index in [0.29, 0.717) is 12.2 Å². The molecule has 6 heteroatoms. The van der Waals surface area contributed by atoms with Crippen molar-refractivity contribution in [2.45, 2.75) is 85.2 Å². The van der Waals surface area contributed by atoms with Crippen LogP contribution < -0.4 is 9.03 Å². The number of amides is 1. The zero-order valence-corrected chi connectivity index (χ0v) is 19.4. The van der Waals surface area contributed by atoms with Crippen LogP contribution in [0.5, 0.6) is 0 Å². The Morgan fingerprint density at radius 2 is 1.65 bits per heavy atom. The van der Waals surface area contributed by atoms with Crippen molar-refractivity contribution in [2.75, 3.05) is 5.32 Å². The van der Waals surface area contributed by atoms with Crippen LogP contribution in [0.15, 0.2) is 12.4 Å². The van der Waals surface area contributed by atoms with Crippen LogP contribution in [-0.2, 0) is 4.79 Å². The average molecular weight is 470 g/mol. The summed E-state index contributed by atoms with van der Waals surface area (Å²) in [5.41, 5.74) is 0. The number of hydrogen-bond acceptors (Lipinski definition) is 3. The van der Waals surface area contributed by atoms with Gasteiger partial charge in [-0.05, 0) is 0 Å². The third-order valence-corrected chi connectivity index (χ3v) is 20.6. The molecule has 0 aliphatic heterocycles. The Kier molecular flexibility index (Phi) is 8.77. The Morgan fingerprint density at radius 3 is 2.12 bits per heavy atom. The van der Waals surface area contributed by atoms with Crippen LogP contribution in [0.25, 0.3) is 0 Å². The molecule has 146 valence electrons. The number of rotatable bonds is 12. The first-order chi connectivity index (χ1) is 12.6. The third kappa shape index (κ3) is 5.89. The fourth-order valence-corrected chi connectivity index (χ4v) is 19.0. The van der Waals surface area contributed by atoms with Gasteiger partial charge >= 0.3 is 162 Å². The first-order valence-corrected chi connectivity index (χ1v) is 17.8. The average Bonchev–Trinajstić information content (AvgIpc) is 3.38. The van der Waals surface area contributed by atoms with Gasteiger partial charge in [-0.1, -0.05) is 0 Å². The molecular weight excluding hydrogens is 436 g/mol. The van der Waals surface area contributed by atoms with E-state index >= 15 is 0 Å². The van der Waals surface area contributed by atoms with Crippen molar-refractivity contribution in [1.82, 2.24) is 9.97 Å². The first-order valence-electron chi connectivity index (χ1n) is 10.3. The Bertz CT molecular complexity index is 562. The van der Waals surface area contributed by atoms with Crippen molar-refractivity contribution in [3.8, 4) is 0 Å². The molecule has 2 atom stereocenters. The second kappa shape index (κ2) is 10.6. The molecule has 1 aromatic rings. The van der Waals surface area contributed by atoms with Crippen molar-refractivity contribution in [1.29, 1.82) is 0 Å². The summed E-state index contributed by atoms with van der Waals surface area (Å²) >= 11 is -2.62. The molecule has 0 unspecified atom stereocenters. The van der Waals surface area contributed by atoms with Gasteiger partial charge < -0.3 is 0 Å². The monoisotopic (exact) mass is 471 g/mol. The molecule has 26 heavy (non-hydrogen) atoms. The topological polar surface area (TPSA) is 54.9 Å². The van der Waals surface area contributed by atoms with Gasteiger partial charge in [-0.3, -0.25) is 0 Å². The zero-order chi connectivity index (χ0) is 19.0. The number of carbonyl (C=O) groups excluding carboxylic acids is 1. The molecule has 1 aliphatic carbocycles. The van der Waals surface area contributed by atoms with E-state index in [1.807, 2.05) is 6.07 Å². The van der Waals surface area contributed by atoms with Gasteiger partial charge in [0.05, 0.1) is 0 Å². The summed E-state index contributed by atoms with van der Waals surface area (Å²) in [6.45, 7) is 6.76. The van der Waals surface area contributed by atoms with Crippen LogP contribution in [0.3, 0.4) is 0 Å². The van der Waals surface area contributed by atoms with E-state index in [9.17, 15) is 9.18 Å². The minimum absolute atomic E-state index is 0.237. The van der Waals surface area contributed by atoms with E-state index in [2.05, 4.69) is 31.1 Å². The molecule has 1 aliphatic rings. The van der Waals surface area contributed by atoms with Gasteiger partial charge in [0, 0.05) is 0 Å². The third-order valence-electron chi connectivity index (χ3n) is 5.54. The SMILES string of the molecule is CCC[CH2][Sn]([CH2]CCC)([CH2]CCC)[c]1cc(NC(=O)[C@H]2C[C@H]2F)ncn1. The number of nitrogens with one attached hydrogen (secondary N) is 1. The number of alkyl halides is 1. The van der Waals surface area contributed by atoms with Gasteiger partial charge in [-0.25, -0.2) is 0 Å². The molecule has 1 heterocycles. The molecule has 1 N–H and O–H groups in total. The number of nitrogens with zero attached hydrogens (tertiary/aromatic N) is 2. The molecule has 0 bridgehead atoms. The number of halogens is 1. The molecule has 4 nitrogen and oxygen atoms in total. The summed E-state index contributed by atoms with van der Waals surface area (Å²) in [7, 11) is 0. The number of aromatic nitrogens is 2. The zero-order valence-electron chi connectivity index (χ0n) is 16.6. The van der Waals surface area contributed by atoms with Gasteiger partial charge in [0.2, 0.25) is 0 Å². The van der Waals surface area contributed by atoms with E-state index in [4.69, 9.17) is 4.98 Å². The molecule has 1 amide bonds. The Morgan fingerprint density at radius 1 is 1.12 bits per heavy atom. The summed E-state index contributed by atoms with van der Waals surface area (Å²) in [4.78, 5) is 21.0. The predicted octanol–water partition coefficient (Wildman–Crippen LogP) is 4.83. The Hall–Kier alpha value is -0.721. The summed E-state index contributed by atoms with van der Waals surface area (Å²) in [5.74, 6) is -0.162. The number of hydrogen-bond donors (Lipinski definition) is 1. The van der Waals surface area contributed by atoms with E-state index < -0.39 is 30.5 Å². The Balaban J connectivity index is 2.23. The van der Waals surface area contributed by atoms with Crippen LogP contribution in [0.1, 0.15) is 65.7 Å². The van der Waals surface area contributed by atoms with Gasteiger partial charge in [0.1, 0.15) is 0 Å². The maximum absolute atomic E-state index is 13.1. The van der Waals surface area contributed by atoms with E-state index in [0.717, 1.165) is 0 Å². The van der Waals surface area contributed by atoms with E-state index in [1.54, 1.807) is 6.33 Å². The predicted molar refractivity (Wildman–Crippen MR) is 108 cm³/mol. The van der Waals surface area contributed by atoms with Crippen LogP contribution >= 0.6 is 0 Å². The van der Waals surface area contributed by atoms with Crippen molar-refractivity contribution in [2.24, 2.45) is 5.92 Å². The first kappa shape index (κ1) is 21.6. The van der Waals surface area contributed by atoms with Crippen molar-refractivity contribution in [3.63, 3.8) is 0 Å². The maximum atomic E-state index is 13.1. The molecule has 1 fully saturated rings. The fourth-order valence-electron chi connectivity index (χ4n) is 3.67. The molecule has 2 rings (SSSR count). The number of unbranched alkanes of at least 4 members (excludes halogenated alkanes) is 3. The van der Waals surface area contributed by atoms with Crippen molar-refractivity contribution >= 4 is 33.8 Å². The van der Waals surface area contributed by atoms with Crippen LogP contribution in [0.2, 0.25) is 13.3 Å². The second-order valence-corrected chi connectivity index (χ2v) is 20.8. The Labute approximate surface area is 161 Å². The normalized spacial score (nSPS) is 19.4. The molecule has 0 aromatic carbocycles. The number of carbonyl (C=O) groups is 1. The van der Waals surface area contributed by atoms with Crippen LogP contribution in [0.4, 0.5) is 10.2 Å². The molecule has 0 spiro atoms. The van der Waals surface area contributed by atoms with Gasteiger partial charge in [-0.15, -0.1) is 0 Å². The van der Waals surface area contributed by atoms with E-state index in [-0.39, 0.29) is 5.91 Å². The second-order valence-electron chi connectivity index (χ2n) is 7.73. The van der Waals surface area contributed by atoms with Gasteiger partial charge in [0.25, 0.3) is 0 Å². The number of anilines is 1. The summed E-state index contributed by atoms with van der Waals surface area (Å²) < 4.78 is 18.3. The minimum atomic E-state index is -2.62. The molecule has 1 saturated carbocycles. The molecule has 1 aromatic heterocycles. The van der Waals surface area contributed by atoms with Crippen molar-refractivity contribution < 1.29 is 9.18 Å². The van der Waals surface area contributed by atoms with Crippen LogP contribution in [0, 0.1) is 5.92 Å². The molecule has 0 radical (unpaired) electrons. The summed E-state index contributed by atoms with van der Waals surface area (Å²) in [5, 5.41) is 2.82. The molecule has 0 saturated heterocycles. The molecular formula is C20H34FN3OSn.